The molecule has 0 fully saturated rings. The number of alkyl carbamates (subject to hydrolysis) is 1. The van der Waals surface area contributed by atoms with Crippen LogP contribution in [-0.4, -0.2) is 35.3 Å². The van der Waals surface area contributed by atoms with Crippen LogP contribution >= 0.6 is 11.8 Å². The molecule has 0 spiro atoms. The molecule has 0 aliphatic heterocycles. The second-order valence-corrected chi connectivity index (χ2v) is 6.81. The minimum absolute atomic E-state index is 0.0178. The summed E-state index contributed by atoms with van der Waals surface area (Å²) in [7, 11) is 1.28. The summed E-state index contributed by atoms with van der Waals surface area (Å²) < 4.78 is 9.81. The normalized spacial score (nSPS) is 12.4. The van der Waals surface area contributed by atoms with Crippen molar-refractivity contribution in [2.75, 3.05) is 7.11 Å². The largest absolute Gasteiger partial charge is 0.508 e. The Morgan fingerprint density at radius 3 is 2.59 bits per heavy atom. The number of thioether (sulfide) groups is 1. The van der Waals surface area contributed by atoms with Gasteiger partial charge in [0, 0.05) is 4.90 Å². The van der Waals surface area contributed by atoms with Crippen LogP contribution in [0, 0.1) is 0 Å². The van der Waals surface area contributed by atoms with E-state index in [4.69, 9.17) is 4.74 Å². The van der Waals surface area contributed by atoms with Crippen LogP contribution in [0.25, 0.3) is 0 Å². The highest BCUT2D eigenvalue weighted by molar-refractivity contribution is 8.00. The number of phenolic OH excluding ortho intramolecular Hbond substituents is 1. The van der Waals surface area contributed by atoms with Crippen LogP contribution in [0.5, 0.6) is 5.75 Å². The summed E-state index contributed by atoms with van der Waals surface area (Å²) in [6.07, 6.45) is -0.634. The molecule has 7 heteroatoms. The molecule has 1 rings (SSSR count). The topological polar surface area (TPSA) is 84.9 Å². The summed E-state index contributed by atoms with van der Waals surface area (Å²) in [6, 6.07) is 6.54. The molecule has 1 unspecified atom stereocenters. The maximum absolute atomic E-state index is 11.8. The average Bonchev–Trinajstić information content (AvgIpc) is 2.35. The minimum Gasteiger partial charge on any atom is -0.508 e. The van der Waals surface area contributed by atoms with Gasteiger partial charge in [-0.2, -0.15) is 0 Å². The summed E-state index contributed by atoms with van der Waals surface area (Å²) in [4.78, 5) is 24.0. The lowest BCUT2D eigenvalue weighted by molar-refractivity contribution is -0.140. The van der Waals surface area contributed by atoms with Crippen molar-refractivity contribution in [1.29, 1.82) is 0 Å². The fourth-order valence-corrected chi connectivity index (χ4v) is 2.57. The van der Waals surface area contributed by atoms with Gasteiger partial charge >= 0.3 is 12.1 Å². The van der Waals surface area contributed by atoms with E-state index >= 15 is 0 Å². The van der Waals surface area contributed by atoms with Crippen molar-refractivity contribution in [3.63, 3.8) is 0 Å². The minimum atomic E-state index is -0.629. The molecule has 0 saturated carbocycles. The zero-order valence-corrected chi connectivity index (χ0v) is 13.9. The third-order valence-corrected chi connectivity index (χ3v) is 3.45. The molecule has 1 aromatic carbocycles. The molecule has 2 N–H and O–H groups in total. The molecule has 1 atom stereocenters. The zero-order valence-electron chi connectivity index (χ0n) is 13.1. The first-order chi connectivity index (χ1) is 10.2. The van der Waals surface area contributed by atoms with Crippen LogP contribution in [0.15, 0.2) is 29.2 Å². The van der Waals surface area contributed by atoms with Crippen molar-refractivity contribution in [3.05, 3.63) is 24.3 Å². The summed E-state index contributed by atoms with van der Waals surface area (Å²) in [6.45, 7) is 5.26. The number of carbonyl (C=O) groups is 2. The molecule has 1 aromatic rings. The number of phenols is 1. The van der Waals surface area contributed by atoms with Gasteiger partial charge < -0.3 is 19.9 Å². The number of esters is 1. The SMILES string of the molecule is COC(=O)CC(NC(=O)OC(C)(C)C)Sc1cccc(O)c1. The van der Waals surface area contributed by atoms with E-state index in [1.807, 2.05) is 0 Å². The van der Waals surface area contributed by atoms with Crippen LogP contribution in [0.3, 0.4) is 0 Å². The highest BCUT2D eigenvalue weighted by Crippen LogP contribution is 2.27. The van der Waals surface area contributed by atoms with Crippen LogP contribution < -0.4 is 5.32 Å². The number of carbonyl (C=O) groups excluding carboxylic acids is 2. The van der Waals surface area contributed by atoms with Crippen molar-refractivity contribution in [1.82, 2.24) is 5.32 Å². The van der Waals surface area contributed by atoms with E-state index in [0.717, 1.165) is 0 Å². The lowest BCUT2D eigenvalue weighted by Gasteiger charge is -2.23. The third kappa shape index (κ3) is 7.21. The lowest BCUT2D eigenvalue weighted by atomic mass is 10.2. The number of rotatable bonds is 5. The number of methoxy groups -OCH3 is 1. The molecule has 0 aliphatic rings. The van der Waals surface area contributed by atoms with Gasteiger partial charge in [0.1, 0.15) is 11.4 Å². The number of hydrogen-bond acceptors (Lipinski definition) is 6. The van der Waals surface area contributed by atoms with Crippen LogP contribution in [0.2, 0.25) is 0 Å². The first kappa shape index (κ1) is 18.2. The second kappa shape index (κ2) is 7.93. The Morgan fingerprint density at radius 2 is 2.05 bits per heavy atom. The Kier molecular flexibility index (Phi) is 6.55. The van der Waals surface area contributed by atoms with Gasteiger partial charge in [-0.05, 0) is 39.0 Å². The number of amides is 1. The molecule has 0 aliphatic carbocycles. The Morgan fingerprint density at radius 1 is 1.36 bits per heavy atom. The molecule has 122 valence electrons. The van der Waals surface area contributed by atoms with Crippen molar-refractivity contribution >= 4 is 23.8 Å². The van der Waals surface area contributed by atoms with Gasteiger partial charge in [-0.3, -0.25) is 4.79 Å². The number of hydrogen-bond donors (Lipinski definition) is 2. The highest BCUT2D eigenvalue weighted by Gasteiger charge is 2.22. The molecule has 0 heterocycles. The predicted octanol–water partition coefficient (Wildman–Crippen LogP) is 2.90. The standard InChI is InChI=1S/C15H21NO5S/c1-15(2,3)21-14(19)16-12(9-13(18)20-4)22-11-7-5-6-10(17)8-11/h5-8,12,17H,9H2,1-4H3,(H,16,19). The Hall–Kier alpha value is -1.89. The Bertz CT molecular complexity index is 527. The van der Waals surface area contributed by atoms with E-state index in [1.54, 1.807) is 45.0 Å². The van der Waals surface area contributed by atoms with E-state index in [2.05, 4.69) is 10.1 Å². The highest BCUT2D eigenvalue weighted by atomic mass is 32.2. The molecule has 6 nitrogen and oxygen atoms in total. The number of benzene rings is 1. The van der Waals surface area contributed by atoms with E-state index < -0.39 is 23.0 Å². The van der Waals surface area contributed by atoms with E-state index in [0.29, 0.717) is 4.90 Å². The van der Waals surface area contributed by atoms with Crippen LogP contribution in [-0.2, 0) is 14.3 Å². The van der Waals surface area contributed by atoms with E-state index in [9.17, 15) is 14.7 Å². The molecular weight excluding hydrogens is 306 g/mol. The molecular formula is C15H21NO5S. The molecule has 0 bridgehead atoms. The predicted molar refractivity (Wildman–Crippen MR) is 83.8 cm³/mol. The van der Waals surface area contributed by atoms with Gasteiger partial charge in [0.15, 0.2) is 0 Å². The fourth-order valence-electron chi connectivity index (χ4n) is 1.52. The number of nitrogens with one attached hydrogen (secondary N) is 1. The van der Waals surface area contributed by atoms with Gasteiger partial charge in [-0.15, -0.1) is 11.8 Å². The molecule has 0 aromatic heterocycles. The maximum Gasteiger partial charge on any atom is 0.408 e. The zero-order chi connectivity index (χ0) is 16.8. The van der Waals surface area contributed by atoms with Gasteiger partial charge in [-0.1, -0.05) is 6.07 Å². The maximum atomic E-state index is 11.8. The first-order valence-corrected chi connectivity index (χ1v) is 7.59. The molecule has 0 saturated heterocycles. The van der Waals surface area contributed by atoms with Gasteiger partial charge in [0.25, 0.3) is 0 Å². The lowest BCUT2D eigenvalue weighted by Crippen LogP contribution is -2.38. The summed E-state index contributed by atoms with van der Waals surface area (Å²) in [5, 5.41) is 11.5. The Balaban J connectivity index is 2.75. The monoisotopic (exact) mass is 327 g/mol. The summed E-state index contributed by atoms with van der Waals surface area (Å²) in [5.41, 5.74) is -0.629. The summed E-state index contributed by atoms with van der Waals surface area (Å²) >= 11 is 1.23. The van der Waals surface area contributed by atoms with Crippen molar-refractivity contribution in [2.45, 2.75) is 43.1 Å². The number of aromatic hydroxyl groups is 1. The van der Waals surface area contributed by atoms with E-state index in [1.165, 1.54) is 18.9 Å². The smallest absolute Gasteiger partial charge is 0.408 e. The summed E-state index contributed by atoms with van der Waals surface area (Å²) in [5.74, 6) is -0.340. The van der Waals surface area contributed by atoms with E-state index in [-0.39, 0.29) is 12.2 Å². The molecule has 1 amide bonds. The quantitative estimate of drug-likeness (QED) is 0.491. The van der Waals surface area contributed by atoms with Crippen molar-refractivity contribution in [2.24, 2.45) is 0 Å². The Labute approximate surface area is 134 Å². The second-order valence-electron chi connectivity index (χ2n) is 5.53. The third-order valence-electron chi connectivity index (χ3n) is 2.35. The van der Waals surface area contributed by atoms with Crippen LogP contribution in [0.4, 0.5) is 4.79 Å². The van der Waals surface area contributed by atoms with Gasteiger partial charge in [-0.25, -0.2) is 4.79 Å². The average molecular weight is 327 g/mol. The van der Waals surface area contributed by atoms with Gasteiger partial charge in [0.2, 0.25) is 0 Å². The van der Waals surface area contributed by atoms with Crippen LogP contribution in [0.1, 0.15) is 27.2 Å². The number of ether oxygens (including phenoxy) is 2. The van der Waals surface area contributed by atoms with Crippen molar-refractivity contribution in [3.8, 4) is 5.75 Å². The van der Waals surface area contributed by atoms with Gasteiger partial charge in [0.05, 0.1) is 18.9 Å². The molecule has 0 radical (unpaired) electrons. The fraction of sp³-hybridized carbons (Fsp3) is 0.467. The van der Waals surface area contributed by atoms with Crippen molar-refractivity contribution < 1.29 is 24.2 Å². The first-order valence-electron chi connectivity index (χ1n) is 6.71. The molecule has 22 heavy (non-hydrogen) atoms.